The smallest absolute Gasteiger partial charge is 0.328 e. The van der Waals surface area contributed by atoms with Gasteiger partial charge in [0.05, 0.1) is 0 Å². The summed E-state index contributed by atoms with van der Waals surface area (Å²) in [4.78, 5) is 39.3. The van der Waals surface area contributed by atoms with E-state index >= 15 is 0 Å². The van der Waals surface area contributed by atoms with Gasteiger partial charge in [0.15, 0.2) is 0 Å². The van der Waals surface area contributed by atoms with Gasteiger partial charge in [0, 0.05) is 12.6 Å². The number of nitrogens with zero attached hydrogens (tertiary/aromatic N) is 1. The summed E-state index contributed by atoms with van der Waals surface area (Å²) in [6, 6.07) is 8.21. The predicted octanol–water partition coefficient (Wildman–Crippen LogP) is 2.95. The largest absolute Gasteiger partial charge is 0.460 e. The summed E-state index contributed by atoms with van der Waals surface area (Å²) >= 11 is 0. The fourth-order valence-corrected chi connectivity index (χ4v) is 3.33. The van der Waals surface area contributed by atoms with Crippen molar-refractivity contribution in [2.75, 3.05) is 13.2 Å². The molecule has 2 amide bonds. The van der Waals surface area contributed by atoms with Gasteiger partial charge in [-0.15, -0.1) is 0 Å². The van der Waals surface area contributed by atoms with Gasteiger partial charge in [-0.1, -0.05) is 56.8 Å². The molecular weight excluding hydrogens is 368 g/mol. The second kappa shape index (κ2) is 11.2. The van der Waals surface area contributed by atoms with Crippen molar-refractivity contribution in [3.8, 4) is 0 Å². The number of carbonyl (C=O) groups is 3. The molecule has 1 saturated heterocycles. The van der Waals surface area contributed by atoms with Crippen LogP contribution in [0, 0.1) is 5.92 Å². The summed E-state index contributed by atoms with van der Waals surface area (Å²) in [5.41, 5.74) is 0.919. The van der Waals surface area contributed by atoms with E-state index in [4.69, 9.17) is 4.74 Å². The normalized spacial score (nSPS) is 17.3. The summed E-state index contributed by atoms with van der Waals surface area (Å²) < 4.78 is 5.12. The SMILES string of the molecule is C=CCOC(=O)[C@@H](CC(C)C)NC(=O)[C@@H]1CCCN1C(=O)/C=C/c1ccccc1. The lowest BCUT2D eigenvalue weighted by molar-refractivity contribution is -0.148. The summed E-state index contributed by atoms with van der Waals surface area (Å²) in [5.74, 6) is -0.801. The molecule has 29 heavy (non-hydrogen) atoms. The molecule has 0 unspecified atom stereocenters. The van der Waals surface area contributed by atoms with Gasteiger partial charge in [-0.2, -0.15) is 0 Å². The third-order valence-corrected chi connectivity index (χ3v) is 4.71. The van der Waals surface area contributed by atoms with Crippen LogP contribution in [0.4, 0.5) is 0 Å². The third-order valence-electron chi connectivity index (χ3n) is 4.71. The second-order valence-corrected chi connectivity index (χ2v) is 7.54. The van der Waals surface area contributed by atoms with Crippen molar-refractivity contribution in [2.24, 2.45) is 5.92 Å². The highest BCUT2D eigenvalue weighted by molar-refractivity contribution is 5.96. The number of likely N-dealkylation sites (tertiary alicyclic amines) is 1. The number of amides is 2. The van der Waals surface area contributed by atoms with Crippen molar-refractivity contribution in [1.29, 1.82) is 0 Å². The van der Waals surface area contributed by atoms with Gasteiger partial charge in [-0.3, -0.25) is 9.59 Å². The lowest BCUT2D eigenvalue weighted by Gasteiger charge is -2.26. The number of esters is 1. The minimum atomic E-state index is -0.736. The molecule has 1 heterocycles. The van der Waals surface area contributed by atoms with Gasteiger partial charge in [0.1, 0.15) is 18.7 Å². The molecule has 1 aromatic carbocycles. The van der Waals surface area contributed by atoms with Crippen LogP contribution >= 0.6 is 0 Å². The number of nitrogens with one attached hydrogen (secondary N) is 1. The van der Waals surface area contributed by atoms with Crippen LogP contribution in [0.15, 0.2) is 49.1 Å². The Labute approximate surface area is 172 Å². The first-order valence-corrected chi connectivity index (χ1v) is 10.0. The summed E-state index contributed by atoms with van der Waals surface area (Å²) in [5, 5.41) is 2.79. The number of hydrogen-bond donors (Lipinski definition) is 1. The Kier molecular flexibility index (Phi) is 8.65. The first-order valence-electron chi connectivity index (χ1n) is 10.0. The highest BCUT2D eigenvalue weighted by Crippen LogP contribution is 2.19. The van der Waals surface area contributed by atoms with Crippen LogP contribution in [0.3, 0.4) is 0 Å². The summed E-state index contributed by atoms with van der Waals surface area (Å²) in [7, 11) is 0. The Morgan fingerprint density at radius 2 is 2.00 bits per heavy atom. The Hall–Kier alpha value is -2.89. The zero-order chi connectivity index (χ0) is 21.2. The van der Waals surface area contributed by atoms with E-state index in [2.05, 4.69) is 11.9 Å². The molecule has 0 aromatic heterocycles. The average molecular weight is 399 g/mol. The molecule has 0 radical (unpaired) electrons. The predicted molar refractivity (Wildman–Crippen MR) is 113 cm³/mol. The number of carbonyl (C=O) groups excluding carboxylic acids is 3. The van der Waals surface area contributed by atoms with E-state index in [-0.39, 0.29) is 24.3 Å². The highest BCUT2D eigenvalue weighted by atomic mass is 16.5. The van der Waals surface area contributed by atoms with Crippen molar-refractivity contribution in [1.82, 2.24) is 10.2 Å². The maximum atomic E-state index is 12.8. The molecule has 1 N–H and O–H groups in total. The molecule has 1 aliphatic rings. The molecule has 1 aromatic rings. The van der Waals surface area contributed by atoms with Crippen molar-refractivity contribution in [2.45, 2.75) is 45.2 Å². The van der Waals surface area contributed by atoms with Gasteiger partial charge >= 0.3 is 5.97 Å². The van der Waals surface area contributed by atoms with Crippen molar-refractivity contribution in [3.05, 3.63) is 54.6 Å². The Morgan fingerprint density at radius 3 is 2.66 bits per heavy atom. The minimum absolute atomic E-state index is 0.0988. The minimum Gasteiger partial charge on any atom is -0.460 e. The quantitative estimate of drug-likeness (QED) is 0.394. The van der Waals surface area contributed by atoms with Gasteiger partial charge < -0.3 is 15.0 Å². The first kappa shape index (κ1) is 22.4. The molecule has 0 spiro atoms. The summed E-state index contributed by atoms with van der Waals surface area (Å²) in [6.45, 7) is 8.09. The maximum absolute atomic E-state index is 12.8. The van der Waals surface area contributed by atoms with E-state index in [1.54, 1.807) is 11.0 Å². The van der Waals surface area contributed by atoms with Gasteiger partial charge in [0.2, 0.25) is 11.8 Å². The van der Waals surface area contributed by atoms with E-state index < -0.39 is 18.1 Å². The van der Waals surface area contributed by atoms with Crippen LogP contribution in [0.1, 0.15) is 38.7 Å². The van der Waals surface area contributed by atoms with Crippen LogP contribution in [0.5, 0.6) is 0 Å². The van der Waals surface area contributed by atoms with Crippen LogP contribution < -0.4 is 5.32 Å². The van der Waals surface area contributed by atoms with Crippen molar-refractivity contribution >= 4 is 23.9 Å². The van der Waals surface area contributed by atoms with Crippen LogP contribution in [0.25, 0.3) is 6.08 Å². The van der Waals surface area contributed by atoms with Crippen LogP contribution in [0.2, 0.25) is 0 Å². The maximum Gasteiger partial charge on any atom is 0.328 e. The van der Waals surface area contributed by atoms with E-state index in [0.717, 1.165) is 12.0 Å². The van der Waals surface area contributed by atoms with E-state index in [9.17, 15) is 14.4 Å². The van der Waals surface area contributed by atoms with E-state index in [0.29, 0.717) is 19.4 Å². The third kappa shape index (κ3) is 6.89. The molecule has 1 fully saturated rings. The Balaban J connectivity index is 2.03. The molecule has 6 heteroatoms. The number of ether oxygens (including phenoxy) is 1. The zero-order valence-electron chi connectivity index (χ0n) is 17.2. The van der Waals surface area contributed by atoms with E-state index in [1.807, 2.05) is 44.2 Å². The molecule has 2 rings (SSSR count). The van der Waals surface area contributed by atoms with Gasteiger partial charge in [-0.25, -0.2) is 4.79 Å². The highest BCUT2D eigenvalue weighted by Gasteiger charge is 2.35. The first-order chi connectivity index (χ1) is 13.9. The lowest BCUT2D eigenvalue weighted by Crippen LogP contribution is -2.51. The molecule has 156 valence electrons. The standard InChI is InChI=1S/C23H30N2O4/c1-4-15-29-23(28)19(16-17(2)3)24-22(27)20-11-8-14-25(20)21(26)13-12-18-9-6-5-7-10-18/h4-7,9-10,12-13,17,19-20H,1,8,11,14-16H2,2-3H3,(H,24,27)/b13-12+/t19-,20+/m1/s1. The molecule has 6 nitrogen and oxygen atoms in total. The fourth-order valence-electron chi connectivity index (χ4n) is 3.33. The van der Waals surface area contributed by atoms with Crippen molar-refractivity contribution in [3.63, 3.8) is 0 Å². The lowest BCUT2D eigenvalue weighted by atomic mass is 10.0. The van der Waals surface area contributed by atoms with Gasteiger partial charge in [-0.05, 0) is 36.8 Å². The topological polar surface area (TPSA) is 75.7 Å². The van der Waals surface area contributed by atoms with Gasteiger partial charge in [0.25, 0.3) is 0 Å². The average Bonchev–Trinajstić information content (AvgIpc) is 3.20. The zero-order valence-corrected chi connectivity index (χ0v) is 17.2. The molecule has 2 atom stereocenters. The molecule has 0 saturated carbocycles. The Morgan fingerprint density at radius 1 is 1.28 bits per heavy atom. The van der Waals surface area contributed by atoms with Crippen LogP contribution in [-0.4, -0.2) is 47.9 Å². The monoisotopic (exact) mass is 398 g/mol. The molecule has 1 aliphatic heterocycles. The number of rotatable bonds is 9. The molecule has 0 aliphatic carbocycles. The molecule has 0 bridgehead atoms. The second-order valence-electron chi connectivity index (χ2n) is 7.54. The van der Waals surface area contributed by atoms with E-state index in [1.165, 1.54) is 12.2 Å². The fraction of sp³-hybridized carbons (Fsp3) is 0.435. The van der Waals surface area contributed by atoms with Crippen LogP contribution in [-0.2, 0) is 19.1 Å². The molecular formula is C23H30N2O4. The summed E-state index contributed by atoms with van der Waals surface area (Å²) in [6.07, 6.45) is 6.51. The number of hydrogen-bond acceptors (Lipinski definition) is 4. The Bertz CT molecular complexity index is 743. The van der Waals surface area contributed by atoms with Crippen molar-refractivity contribution < 1.29 is 19.1 Å². The number of benzene rings is 1.